The first-order valence-electron chi connectivity index (χ1n) is 6.88. The van der Waals surface area contributed by atoms with Gasteiger partial charge >= 0.3 is 0 Å². The molecular weight excluding hydrogens is 331 g/mol. The molecule has 1 atom stereocenters. The molecule has 2 heterocycles. The van der Waals surface area contributed by atoms with Gasteiger partial charge in [-0.2, -0.15) is 0 Å². The molecule has 1 fully saturated rings. The summed E-state index contributed by atoms with van der Waals surface area (Å²) in [7, 11) is 0. The van der Waals surface area contributed by atoms with Gasteiger partial charge in [-0.15, -0.1) is 36.2 Å². The van der Waals surface area contributed by atoms with Crippen molar-refractivity contribution in [3.8, 4) is 0 Å². The Morgan fingerprint density at radius 3 is 2.76 bits per heavy atom. The Hall–Kier alpha value is -0.560. The molecule has 1 unspecified atom stereocenters. The van der Waals surface area contributed by atoms with E-state index < -0.39 is 0 Å². The standard InChI is InChI=1S/C13H22N4OS.2ClH/c1-10(8-14)12(18)15-5-4-11-9-19-13(16-11)17-6-2-3-7-17;;/h9-10H,2-8,14H2,1H3,(H,15,18);2*1H. The first-order valence-corrected chi connectivity index (χ1v) is 7.76. The highest BCUT2D eigenvalue weighted by Crippen LogP contribution is 2.24. The molecular formula is C13H24Cl2N4OS. The lowest BCUT2D eigenvalue weighted by Crippen LogP contribution is -2.34. The molecule has 2 rings (SSSR count). The predicted octanol–water partition coefficient (Wildman–Crippen LogP) is 1.84. The maximum Gasteiger partial charge on any atom is 0.224 e. The minimum Gasteiger partial charge on any atom is -0.355 e. The molecule has 1 aromatic heterocycles. The van der Waals surface area contributed by atoms with Crippen LogP contribution in [0.2, 0.25) is 0 Å². The topological polar surface area (TPSA) is 71.2 Å². The van der Waals surface area contributed by atoms with Crippen molar-refractivity contribution in [2.75, 3.05) is 31.1 Å². The van der Waals surface area contributed by atoms with E-state index >= 15 is 0 Å². The lowest BCUT2D eigenvalue weighted by molar-refractivity contribution is -0.124. The number of hydrogen-bond acceptors (Lipinski definition) is 5. The third-order valence-electron chi connectivity index (χ3n) is 3.40. The van der Waals surface area contributed by atoms with E-state index in [-0.39, 0.29) is 36.6 Å². The highest BCUT2D eigenvalue weighted by molar-refractivity contribution is 7.13. The molecule has 0 spiro atoms. The van der Waals surface area contributed by atoms with Crippen molar-refractivity contribution in [1.82, 2.24) is 10.3 Å². The molecule has 1 aliphatic rings. The number of rotatable bonds is 6. The maximum absolute atomic E-state index is 11.6. The maximum atomic E-state index is 11.6. The van der Waals surface area contributed by atoms with Crippen LogP contribution in [0.3, 0.4) is 0 Å². The summed E-state index contributed by atoms with van der Waals surface area (Å²) in [6, 6.07) is 0. The van der Waals surface area contributed by atoms with Crippen molar-refractivity contribution in [3.05, 3.63) is 11.1 Å². The minimum atomic E-state index is -0.115. The third-order valence-corrected chi connectivity index (χ3v) is 4.35. The third kappa shape index (κ3) is 5.98. The number of hydrogen-bond donors (Lipinski definition) is 2. The fraction of sp³-hybridized carbons (Fsp3) is 0.692. The van der Waals surface area contributed by atoms with Crippen molar-refractivity contribution >= 4 is 47.2 Å². The molecule has 1 saturated heterocycles. The van der Waals surface area contributed by atoms with E-state index in [9.17, 15) is 4.79 Å². The first-order chi connectivity index (χ1) is 9.20. The summed E-state index contributed by atoms with van der Waals surface area (Å²) in [4.78, 5) is 18.5. The van der Waals surface area contributed by atoms with Crippen molar-refractivity contribution in [3.63, 3.8) is 0 Å². The molecule has 1 aromatic rings. The summed E-state index contributed by atoms with van der Waals surface area (Å²) in [5, 5.41) is 6.10. The molecule has 0 radical (unpaired) electrons. The van der Waals surface area contributed by atoms with E-state index in [0.29, 0.717) is 13.1 Å². The summed E-state index contributed by atoms with van der Waals surface area (Å²) in [5.74, 6) is -0.0897. The van der Waals surface area contributed by atoms with Crippen LogP contribution in [0.15, 0.2) is 5.38 Å². The van der Waals surface area contributed by atoms with Crippen molar-refractivity contribution in [2.45, 2.75) is 26.2 Å². The lowest BCUT2D eigenvalue weighted by Gasteiger charge is -2.12. The van der Waals surface area contributed by atoms with Gasteiger partial charge in [-0.25, -0.2) is 4.98 Å². The SMILES string of the molecule is CC(CN)C(=O)NCCc1csc(N2CCCC2)n1.Cl.Cl. The van der Waals surface area contributed by atoms with Crippen LogP contribution in [0.5, 0.6) is 0 Å². The Kier molecular flexibility index (Phi) is 9.94. The summed E-state index contributed by atoms with van der Waals surface area (Å²) >= 11 is 1.70. The highest BCUT2D eigenvalue weighted by atomic mass is 35.5. The lowest BCUT2D eigenvalue weighted by atomic mass is 10.1. The molecule has 0 saturated carbocycles. The highest BCUT2D eigenvalue weighted by Gasteiger charge is 2.15. The van der Waals surface area contributed by atoms with Gasteiger partial charge in [0.05, 0.1) is 5.69 Å². The van der Waals surface area contributed by atoms with Crippen LogP contribution in [0, 0.1) is 5.92 Å². The molecule has 0 bridgehead atoms. The van der Waals surface area contributed by atoms with E-state index in [1.165, 1.54) is 12.8 Å². The second-order valence-corrected chi connectivity index (χ2v) is 5.83. The van der Waals surface area contributed by atoms with Crippen molar-refractivity contribution in [2.24, 2.45) is 11.7 Å². The van der Waals surface area contributed by atoms with Gasteiger partial charge in [0.2, 0.25) is 5.91 Å². The average Bonchev–Trinajstić information content (AvgIpc) is 3.07. The van der Waals surface area contributed by atoms with Gasteiger partial charge in [0.25, 0.3) is 0 Å². The van der Waals surface area contributed by atoms with Crippen molar-refractivity contribution < 1.29 is 4.79 Å². The molecule has 1 aliphatic heterocycles. The number of thiazole rings is 1. The number of halogens is 2. The van der Waals surface area contributed by atoms with Gasteiger partial charge < -0.3 is 16.0 Å². The van der Waals surface area contributed by atoms with Gasteiger partial charge in [-0.3, -0.25) is 4.79 Å². The van der Waals surface area contributed by atoms with E-state index in [1.807, 2.05) is 6.92 Å². The quantitative estimate of drug-likeness (QED) is 0.817. The zero-order valence-electron chi connectivity index (χ0n) is 12.2. The van der Waals surface area contributed by atoms with Crippen LogP contribution in [-0.4, -0.2) is 37.1 Å². The fourth-order valence-electron chi connectivity index (χ4n) is 2.06. The first kappa shape index (κ1) is 20.4. The number of nitrogens with one attached hydrogen (secondary N) is 1. The van der Waals surface area contributed by atoms with E-state index in [2.05, 4.69) is 20.6 Å². The molecule has 1 amide bonds. The largest absolute Gasteiger partial charge is 0.355 e. The molecule has 3 N–H and O–H groups in total. The molecule has 8 heteroatoms. The zero-order valence-corrected chi connectivity index (χ0v) is 14.7. The summed E-state index contributed by atoms with van der Waals surface area (Å²) in [6.45, 7) is 5.10. The number of amides is 1. The van der Waals surface area contributed by atoms with Gasteiger partial charge in [0.15, 0.2) is 5.13 Å². The van der Waals surface area contributed by atoms with E-state index in [4.69, 9.17) is 5.73 Å². The molecule has 5 nitrogen and oxygen atoms in total. The molecule has 0 aliphatic carbocycles. The average molecular weight is 355 g/mol. The number of nitrogens with two attached hydrogens (primary N) is 1. The van der Waals surface area contributed by atoms with Gasteiger partial charge in [-0.05, 0) is 12.8 Å². The van der Waals surface area contributed by atoms with Crippen LogP contribution in [0.4, 0.5) is 5.13 Å². The van der Waals surface area contributed by atoms with Gasteiger partial charge in [0.1, 0.15) is 0 Å². The Labute approximate surface area is 142 Å². The van der Waals surface area contributed by atoms with Crippen LogP contribution in [0.25, 0.3) is 0 Å². The number of anilines is 1. The number of aromatic nitrogens is 1. The van der Waals surface area contributed by atoms with Crippen LogP contribution >= 0.6 is 36.2 Å². The monoisotopic (exact) mass is 354 g/mol. The van der Waals surface area contributed by atoms with Crippen LogP contribution in [-0.2, 0) is 11.2 Å². The normalized spacial score (nSPS) is 15.0. The Morgan fingerprint density at radius 1 is 1.48 bits per heavy atom. The van der Waals surface area contributed by atoms with Crippen molar-refractivity contribution in [1.29, 1.82) is 0 Å². The van der Waals surface area contributed by atoms with Crippen LogP contribution < -0.4 is 16.0 Å². The Balaban J connectivity index is 0.00000200. The van der Waals surface area contributed by atoms with Gasteiger partial charge in [0, 0.05) is 43.9 Å². The Morgan fingerprint density at radius 2 is 2.14 bits per heavy atom. The summed E-state index contributed by atoms with van der Waals surface area (Å²) < 4.78 is 0. The zero-order chi connectivity index (χ0) is 13.7. The molecule has 0 aromatic carbocycles. The smallest absolute Gasteiger partial charge is 0.224 e. The summed E-state index contributed by atoms with van der Waals surface area (Å²) in [5.41, 5.74) is 6.51. The van der Waals surface area contributed by atoms with E-state index in [0.717, 1.165) is 30.3 Å². The predicted molar refractivity (Wildman–Crippen MR) is 93.0 cm³/mol. The number of carbonyl (C=O) groups excluding carboxylic acids is 1. The molecule has 21 heavy (non-hydrogen) atoms. The Bertz CT molecular complexity index is 424. The van der Waals surface area contributed by atoms with Crippen LogP contribution in [0.1, 0.15) is 25.5 Å². The number of nitrogens with zero attached hydrogens (tertiary/aromatic N) is 2. The minimum absolute atomic E-state index is 0. The number of carbonyl (C=O) groups is 1. The molecule has 122 valence electrons. The summed E-state index contributed by atoms with van der Waals surface area (Å²) in [6.07, 6.45) is 3.32. The van der Waals surface area contributed by atoms with Gasteiger partial charge in [-0.1, -0.05) is 6.92 Å². The second-order valence-electron chi connectivity index (χ2n) is 4.99. The second kappa shape index (κ2) is 10.2. The fourth-order valence-corrected chi connectivity index (χ4v) is 2.97. The van der Waals surface area contributed by atoms with E-state index in [1.54, 1.807) is 11.3 Å².